The summed E-state index contributed by atoms with van der Waals surface area (Å²) < 4.78 is 15.8. The first kappa shape index (κ1) is 18.4. The SMILES string of the molecule is CCC(=Cc1cc(OC)ccc1OC)C(=O)c1ccc(OC)c(N)c1. The monoisotopic (exact) mass is 341 g/mol. The van der Waals surface area contributed by atoms with Crippen molar-refractivity contribution in [1.29, 1.82) is 0 Å². The van der Waals surface area contributed by atoms with Crippen LogP contribution in [0.4, 0.5) is 5.69 Å². The molecular weight excluding hydrogens is 318 g/mol. The van der Waals surface area contributed by atoms with Crippen LogP contribution in [0.25, 0.3) is 6.08 Å². The van der Waals surface area contributed by atoms with Gasteiger partial charge in [-0.3, -0.25) is 4.79 Å². The molecule has 5 heteroatoms. The molecule has 2 N–H and O–H groups in total. The second-order valence-corrected chi connectivity index (χ2v) is 5.42. The van der Waals surface area contributed by atoms with Gasteiger partial charge in [0, 0.05) is 16.7 Å². The average Bonchev–Trinajstić information content (AvgIpc) is 2.65. The molecule has 0 unspecified atom stereocenters. The van der Waals surface area contributed by atoms with Gasteiger partial charge in [0.15, 0.2) is 5.78 Å². The molecule has 5 nitrogen and oxygen atoms in total. The number of nitrogen functional groups attached to an aromatic ring is 1. The number of anilines is 1. The van der Waals surface area contributed by atoms with Crippen LogP contribution in [-0.4, -0.2) is 27.1 Å². The number of nitrogens with two attached hydrogens (primary N) is 1. The number of hydrogen-bond donors (Lipinski definition) is 1. The second kappa shape index (κ2) is 8.24. The highest BCUT2D eigenvalue weighted by molar-refractivity contribution is 6.12. The van der Waals surface area contributed by atoms with Crippen LogP contribution in [-0.2, 0) is 0 Å². The number of ketones is 1. The molecule has 0 amide bonds. The molecule has 2 aromatic rings. The van der Waals surface area contributed by atoms with E-state index in [4.69, 9.17) is 19.9 Å². The summed E-state index contributed by atoms with van der Waals surface area (Å²) in [5, 5.41) is 0. The van der Waals surface area contributed by atoms with E-state index >= 15 is 0 Å². The van der Waals surface area contributed by atoms with Crippen LogP contribution in [0.2, 0.25) is 0 Å². The maximum absolute atomic E-state index is 12.8. The van der Waals surface area contributed by atoms with Gasteiger partial charge in [0.1, 0.15) is 17.2 Å². The summed E-state index contributed by atoms with van der Waals surface area (Å²) in [5.41, 5.74) is 8.30. The number of rotatable bonds is 7. The first-order chi connectivity index (χ1) is 12.0. The molecule has 0 spiro atoms. The zero-order valence-electron chi connectivity index (χ0n) is 15.0. The quantitative estimate of drug-likeness (QED) is 0.469. The zero-order valence-corrected chi connectivity index (χ0v) is 15.0. The molecule has 0 saturated heterocycles. The van der Waals surface area contributed by atoms with Gasteiger partial charge < -0.3 is 19.9 Å². The van der Waals surface area contributed by atoms with E-state index in [1.807, 2.05) is 31.2 Å². The topological polar surface area (TPSA) is 70.8 Å². The Morgan fingerprint density at radius 3 is 2.24 bits per heavy atom. The Morgan fingerprint density at radius 2 is 1.68 bits per heavy atom. The standard InChI is InChI=1S/C20H23NO4/c1-5-13(10-15-11-16(23-2)7-9-18(15)24-3)20(22)14-6-8-19(25-4)17(21)12-14/h6-12H,5,21H2,1-4H3. The van der Waals surface area contributed by atoms with Gasteiger partial charge >= 0.3 is 0 Å². The maximum Gasteiger partial charge on any atom is 0.189 e. The van der Waals surface area contributed by atoms with Gasteiger partial charge in [0.05, 0.1) is 27.0 Å². The minimum absolute atomic E-state index is 0.0817. The number of allylic oxidation sites excluding steroid dienone is 1. The van der Waals surface area contributed by atoms with Gasteiger partial charge in [0.2, 0.25) is 0 Å². The Balaban J connectivity index is 2.43. The number of carbonyl (C=O) groups is 1. The first-order valence-electron chi connectivity index (χ1n) is 7.94. The van der Waals surface area contributed by atoms with Gasteiger partial charge in [-0.25, -0.2) is 0 Å². The van der Waals surface area contributed by atoms with E-state index in [2.05, 4.69) is 0 Å². The van der Waals surface area contributed by atoms with Gasteiger partial charge in [-0.15, -0.1) is 0 Å². The summed E-state index contributed by atoms with van der Waals surface area (Å²) in [6.45, 7) is 1.93. The molecule has 0 fully saturated rings. The van der Waals surface area contributed by atoms with Gasteiger partial charge in [0.25, 0.3) is 0 Å². The van der Waals surface area contributed by atoms with E-state index in [0.29, 0.717) is 40.5 Å². The Hall–Kier alpha value is -2.95. The van der Waals surface area contributed by atoms with Crippen molar-refractivity contribution in [2.45, 2.75) is 13.3 Å². The van der Waals surface area contributed by atoms with E-state index in [-0.39, 0.29) is 5.78 Å². The molecule has 25 heavy (non-hydrogen) atoms. The Morgan fingerprint density at radius 1 is 1.00 bits per heavy atom. The smallest absolute Gasteiger partial charge is 0.189 e. The van der Waals surface area contributed by atoms with Crippen molar-refractivity contribution in [3.05, 3.63) is 53.1 Å². The van der Waals surface area contributed by atoms with Crippen molar-refractivity contribution in [3.63, 3.8) is 0 Å². The number of ether oxygens (including phenoxy) is 3. The van der Waals surface area contributed by atoms with Crippen LogP contribution in [0.1, 0.15) is 29.3 Å². The third kappa shape index (κ3) is 4.12. The average molecular weight is 341 g/mol. The lowest BCUT2D eigenvalue weighted by Crippen LogP contribution is -2.05. The van der Waals surface area contributed by atoms with Crippen molar-refractivity contribution in [3.8, 4) is 17.2 Å². The highest BCUT2D eigenvalue weighted by Crippen LogP contribution is 2.29. The molecule has 0 radical (unpaired) electrons. The van der Waals surface area contributed by atoms with Crippen molar-refractivity contribution >= 4 is 17.5 Å². The van der Waals surface area contributed by atoms with Crippen molar-refractivity contribution in [1.82, 2.24) is 0 Å². The normalized spacial score (nSPS) is 11.1. The van der Waals surface area contributed by atoms with Crippen LogP contribution in [0.15, 0.2) is 42.0 Å². The van der Waals surface area contributed by atoms with E-state index in [9.17, 15) is 4.79 Å². The fraction of sp³-hybridized carbons (Fsp3) is 0.250. The van der Waals surface area contributed by atoms with Crippen LogP contribution >= 0.6 is 0 Å². The molecular formula is C20H23NO4. The molecule has 0 aromatic heterocycles. The van der Waals surface area contributed by atoms with Gasteiger partial charge in [-0.2, -0.15) is 0 Å². The Bertz CT molecular complexity index is 796. The summed E-state index contributed by atoms with van der Waals surface area (Å²) in [4.78, 5) is 12.8. The maximum atomic E-state index is 12.8. The molecule has 2 aromatic carbocycles. The number of carbonyl (C=O) groups excluding carboxylic acids is 1. The van der Waals surface area contributed by atoms with Crippen LogP contribution in [0, 0.1) is 0 Å². The Labute approximate surface area is 148 Å². The molecule has 0 saturated carbocycles. The van der Waals surface area contributed by atoms with Crippen LogP contribution in [0.3, 0.4) is 0 Å². The fourth-order valence-corrected chi connectivity index (χ4v) is 2.53. The lowest BCUT2D eigenvalue weighted by molar-refractivity contribution is 0.103. The van der Waals surface area contributed by atoms with E-state index < -0.39 is 0 Å². The lowest BCUT2D eigenvalue weighted by atomic mass is 9.98. The molecule has 0 aliphatic heterocycles. The summed E-state index contributed by atoms with van der Waals surface area (Å²) in [5.74, 6) is 1.84. The largest absolute Gasteiger partial charge is 0.497 e. The van der Waals surface area contributed by atoms with Gasteiger partial charge in [-0.05, 0) is 48.9 Å². The number of methoxy groups -OCH3 is 3. The first-order valence-corrected chi connectivity index (χ1v) is 7.94. The summed E-state index contributed by atoms with van der Waals surface area (Å²) in [6, 6.07) is 10.5. The van der Waals surface area contributed by atoms with E-state index in [1.54, 1.807) is 39.5 Å². The molecule has 0 bridgehead atoms. The van der Waals surface area contributed by atoms with Crippen LogP contribution in [0.5, 0.6) is 17.2 Å². The summed E-state index contributed by atoms with van der Waals surface area (Å²) in [7, 11) is 4.73. The number of benzene rings is 2. The lowest BCUT2D eigenvalue weighted by Gasteiger charge is -2.11. The predicted molar refractivity (Wildman–Crippen MR) is 99.6 cm³/mol. The third-order valence-electron chi connectivity index (χ3n) is 3.93. The Kier molecular flexibility index (Phi) is 6.06. The second-order valence-electron chi connectivity index (χ2n) is 5.42. The third-order valence-corrected chi connectivity index (χ3v) is 3.93. The van der Waals surface area contributed by atoms with Crippen molar-refractivity contribution in [2.75, 3.05) is 27.1 Å². The molecule has 0 aliphatic rings. The molecule has 132 valence electrons. The number of Topliss-reactive ketones (excluding diaryl/α,β-unsaturated/α-hetero) is 1. The van der Waals surface area contributed by atoms with Crippen molar-refractivity contribution in [2.24, 2.45) is 0 Å². The highest BCUT2D eigenvalue weighted by atomic mass is 16.5. The van der Waals surface area contributed by atoms with Gasteiger partial charge in [-0.1, -0.05) is 6.92 Å². The minimum atomic E-state index is -0.0817. The van der Waals surface area contributed by atoms with Crippen molar-refractivity contribution < 1.29 is 19.0 Å². The predicted octanol–water partition coefficient (Wildman–Crippen LogP) is 3.97. The molecule has 0 atom stereocenters. The fourth-order valence-electron chi connectivity index (χ4n) is 2.53. The van der Waals surface area contributed by atoms with Crippen LogP contribution < -0.4 is 19.9 Å². The van der Waals surface area contributed by atoms with E-state index in [1.165, 1.54) is 0 Å². The molecule has 0 aliphatic carbocycles. The molecule has 0 heterocycles. The minimum Gasteiger partial charge on any atom is -0.497 e. The summed E-state index contributed by atoms with van der Waals surface area (Å²) >= 11 is 0. The van der Waals surface area contributed by atoms with E-state index in [0.717, 1.165) is 5.56 Å². The molecule has 2 rings (SSSR count). The zero-order chi connectivity index (χ0) is 18.4. The number of hydrogen-bond acceptors (Lipinski definition) is 5. The summed E-state index contributed by atoms with van der Waals surface area (Å²) in [6.07, 6.45) is 2.40. The highest BCUT2D eigenvalue weighted by Gasteiger charge is 2.14.